The van der Waals surface area contributed by atoms with Crippen LogP contribution in [0.1, 0.15) is 42.1 Å². The third-order valence-electron chi connectivity index (χ3n) is 3.93. The molecule has 0 radical (unpaired) electrons. The number of amides is 2. The second-order valence-corrected chi connectivity index (χ2v) is 7.48. The number of halogens is 2. The average Bonchev–Trinajstić information content (AvgIpc) is 2.64. The van der Waals surface area contributed by atoms with Gasteiger partial charge in [0.05, 0.1) is 10.0 Å². The Morgan fingerprint density at radius 1 is 1.08 bits per heavy atom. The maximum absolute atomic E-state index is 12.0. The van der Waals surface area contributed by atoms with Crippen LogP contribution in [0, 0.1) is 0 Å². The molecule has 0 aliphatic heterocycles. The number of ether oxygens (including phenoxy) is 1. The van der Waals surface area contributed by atoms with Crippen molar-refractivity contribution in [3.05, 3.63) is 62.5 Å². The van der Waals surface area contributed by atoms with Crippen molar-refractivity contribution >= 4 is 43.7 Å². The van der Waals surface area contributed by atoms with Crippen LogP contribution in [0.25, 0.3) is 0 Å². The van der Waals surface area contributed by atoms with Gasteiger partial charge in [0.15, 0.2) is 6.61 Å². The zero-order valence-corrected chi connectivity index (χ0v) is 17.7. The lowest BCUT2D eigenvalue weighted by atomic mass is 9.99. The van der Waals surface area contributed by atoms with E-state index in [1.807, 2.05) is 18.2 Å². The van der Waals surface area contributed by atoms with E-state index in [-0.39, 0.29) is 6.61 Å². The molecule has 0 spiro atoms. The molecule has 1 atom stereocenters. The van der Waals surface area contributed by atoms with Crippen molar-refractivity contribution in [1.29, 1.82) is 0 Å². The van der Waals surface area contributed by atoms with Gasteiger partial charge < -0.3 is 4.74 Å². The molecule has 0 fully saturated rings. The summed E-state index contributed by atoms with van der Waals surface area (Å²) in [6.07, 6.45) is 1.05. The molecular weight excluding hydrogens is 464 g/mol. The maximum atomic E-state index is 12.0. The number of carbonyl (C=O) groups excluding carboxylic acids is 2. The lowest BCUT2D eigenvalue weighted by molar-refractivity contribution is -0.123. The molecule has 0 aliphatic rings. The lowest BCUT2D eigenvalue weighted by Gasteiger charge is -2.13. The first kappa shape index (κ1) is 20.5. The second kappa shape index (κ2) is 9.73. The Balaban J connectivity index is 1.85. The molecule has 0 bridgehead atoms. The van der Waals surface area contributed by atoms with Gasteiger partial charge in [-0.15, -0.1) is 0 Å². The third kappa shape index (κ3) is 5.57. The van der Waals surface area contributed by atoms with Crippen LogP contribution in [0.15, 0.2) is 51.4 Å². The highest BCUT2D eigenvalue weighted by molar-refractivity contribution is 9.10. The van der Waals surface area contributed by atoms with Crippen LogP contribution in [0.3, 0.4) is 0 Å². The van der Waals surface area contributed by atoms with Gasteiger partial charge in [0.1, 0.15) is 5.75 Å². The number of rotatable bonds is 6. The van der Waals surface area contributed by atoms with Gasteiger partial charge in [0.2, 0.25) is 0 Å². The number of nitrogens with one attached hydrogen (secondary N) is 2. The molecule has 2 aromatic rings. The Hall–Kier alpha value is -1.86. The van der Waals surface area contributed by atoms with Crippen LogP contribution < -0.4 is 15.6 Å². The van der Waals surface area contributed by atoms with Crippen molar-refractivity contribution in [1.82, 2.24) is 10.9 Å². The van der Waals surface area contributed by atoms with E-state index in [1.54, 1.807) is 24.3 Å². The number of hydrogen-bond acceptors (Lipinski definition) is 3. The number of benzene rings is 2. The zero-order valence-electron chi connectivity index (χ0n) is 14.5. The smallest absolute Gasteiger partial charge is 0.276 e. The Kier molecular flexibility index (Phi) is 7.66. The van der Waals surface area contributed by atoms with E-state index in [0.29, 0.717) is 21.7 Å². The Morgan fingerprint density at radius 3 is 2.46 bits per heavy atom. The largest absolute Gasteiger partial charge is 0.483 e. The Morgan fingerprint density at radius 2 is 1.81 bits per heavy atom. The van der Waals surface area contributed by atoms with Crippen LogP contribution in [0.4, 0.5) is 0 Å². The van der Waals surface area contributed by atoms with Crippen molar-refractivity contribution in [2.45, 2.75) is 26.2 Å². The molecule has 0 aliphatic carbocycles. The fraction of sp³-hybridized carbons (Fsp3) is 0.263. The highest BCUT2D eigenvalue weighted by Crippen LogP contribution is 2.30. The minimum atomic E-state index is -0.455. The van der Waals surface area contributed by atoms with E-state index in [1.165, 1.54) is 5.56 Å². The quantitative estimate of drug-likeness (QED) is 0.591. The van der Waals surface area contributed by atoms with E-state index in [4.69, 9.17) is 4.74 Å². The van der Waals surface area contributed by atoms with E-state index in [0.717, 1.165) is 10.9 Å². The van der Waals surface area contributed by atoms with Gasteiger partial charge in [0.25, 0.3) is 11.8 Å². The van der Waals surface area contributed by atoms with Crippen LogP contribution in [0.2, 0.25) is 0 Å². The van der Waals surface area contributed by atoms with Gasteiger partial charge in [-0.3, -0.25) is 20.4 Å². The lowest BCUT2D eigenvalue weighted by Crippen LogP contribution is -2.43. The van der Waals surface area contributed by atoms with Gasteiger partial charge in [-0.1, -0.05) is 32.0 Å². The van der Waals surface area contributed by atoms with Crippen LogP contribution >= 0.6 is 31.9 Å². The molecule has 0 heterocycles. The fourth-order valence-electron chi connectivity index (χ4n) is 2.19. The predicted octanol–water partition coefficient (Wildman–Crippen LogP) is 4.57. The fourth-order valence-corrected chi connectivity index (χ4v) is 3.17. The standard InChI is InChI=1S/C19H20Br2N2O3/c1-3-12(2)13-8-9-17(16(21)10-13)26-11-18(24)22-23-19(25)14-6-4-5-7-15(14)20/h4-10,12H,3,11H2,1-2H3,(H,22,24)(H,23,25). The molecule has 2 N–H and O–H groups in total. The Labute approximate surface area is 169 Å². The summed E-state index contributed by atoms with van der Waals surface area (Å²) in [4.78, 5) is 23.9. The molecule has 1 unspecified atom stereocenters. The molecule has 7 heteroatoms. The monoisotopic (exact) mass is 482 g/mol. The first-order valence-electron chi connectivity index (χ1n) is 8.18. The highest BCUT2D eigenvalue weighted by atomic mass is 79.9. The number of carbonyl (C=O) groups is 2. The van der Waals surface area contributed by atoms with Crippen molar-refractivity contribution in [3.8, 4) is 5.75 Å². The summed E-state index contributed by atoms with van der Waals surface area (Å²) in [6, 6.07) is 12.8. The van der Waals surface area contributed by atoms with Crippen molar-refractivity contribution in [2.75, 3.05) is 6.61 Å². The summed E-state index contributed by atoms with van der Waals surface area (Å²) in [7, 11) is 0. The summed E-state index contributed by atoms with van der Waals surface area (Å²) < 4.78 is 6.95. The summed E-state index contributed by atoms with van der Waals surface area (Å²) in [5.41, 5.74) is 6.33. The summed E-state index contributed by atoms with van der Waals surface area (Å²) in [5, 5.41) is 0. The average molecular weight is 484 g/mol. The molecule has 0 saturated heterocycles. The summed E-state index contributed by atoms with van der Waals surface area (Å²) in [6.45, 7) is 4.08. The highest BCUT2D eigenvalue weighted by Gasteiger charge is 2.12. The van der Waals surface area contributed by atoms with E-state index < -0.39 is 11.8 Å². The van der Waals surface area contributed by atoms with E-state index in [2.05, 4.69) is 56.6 Å². The predicted molar refractivity (Wildman–Crippen MR) is 108 cm³/mol. The molecule has 2 amide bonds. The molecular formula is C19H20Br2N2O3. The molecule has 0 saturated carbocycles. The van der Waals surface area contributed by atoms with Crippen LogP contribution in [-0.2, 0) is 4.79 Å². The van der Waals surface area contributed by atoms with Gasteiger partial charge >= 0.3 is 0 Å². The SMILES string of the molecule is CCC(C)c1ccc(OCC(=O)NNC(=O)c2ccccc2Br)c(Br)c1. The minimum absolute atomic E-state index is 0.211. The molecule has 2 aromatic carbocycles. The maximum Gasteiger partial charge on any atom is 0.276 e. The van der Waals surface area contributed by atoms with Crippen LogP contribution in [-0.4, -0.2) is 18.4 Å². The van der Waals surface area contributed by atoms with Gasteiger partial charge in [0, 0.05) is 4.47 Å². The number of hydrazine groups is 1. The van der Waals surface area contributed by atoms with Crippen molar-refractivity contribution in [2.24, 2.45) is 0 Å². The summed E-state index contributed by atoms with van der Waals surface area (Å²) in [5.74, 6) is 0.161. The van der Waals surface area contributed by atoms with E-state index in [9.17, 15) is 9.59 Å². The van der Waals surface area contributed by atoms with Crippen molar-refractivity contribution < 1.29 is 14.3 Å². The minimum Gasteiger partial charge on any atom is -0.483 e. The van der Waals surface area contributed by atoms with Gasteiger partial charge in [-0.2, -0.15) is 0 Å². The molecule has 26 heavy (non-hydrogen) atoms. The molecule has 2 rings (SSSR count). The van der Waals surface area contributed by atoms with Crippen LogP contribution in [0.5, 0.6) is 5.75 Å². The summed E-state index contributed by atoms with van der Waals surface area (Å²) >= 11 is 6.75. The molecule has 0 aromatic heterocycles. The van der Waals surface area contributed by atoms with E-state index >= 15 is 0 Å². The normalized spacial score (nSPS) is 11.5. The topological polar surface area (TPSA) is 67.4 Å². The number of hydrogen-bond donors (Lipinski definition) is 2. The first-order chi connectivity index (χ1) is 12.4. The zero-order chi connectivity index (χ0) is 19.1. The van der Waals surface area contributed by atoms with Gasteiger partial charge in [-0.05, 0) is 74.0 Å². The first-order valence-corrected chi connectivity index (χ1v) is 9.77. The Bertz CT molecular complexity index is 796. The van der Waals surface area contributed by atoms with Gasteiger partial charge in [-0.25, -0.2) is 0 Å². The molecule has 138 valence electrons. The third-order valence-corrected chi connectivity index (χ3v) is 5.24. The molecule has 5 nitrogen and oxygen atoms in total. The second-order valence-electron chi connectivity index (χ2n) is 5.77. The van der Waals surface area contributed by atoms with Crippen molar-refractivity contribution in [3.63, 3.8) is 0 Å².